The smallest absolute Gasteiger partial charge is 0.188 e. The van der Waals surface area contributed by atoms with E-state index in [-0.39, 0.29) is 11.6 Å². The van der Waals surface area contributed by atoms with Crippen LogP contribution in [0.15, 0.2) is 36.4 Å². The third-order valence-electron chi connectivity index (χ3n) is 2.40. The van der Waals surface area contributed by atoms with Crippen LogP contribution >= 0.6 is 0 Å². The largest absolute Gasteiger partial charge is 0.300 e. The fourth-order valence-corrected chi connectivity index (χ4v) is 1.50. The molecular formula is C14H16O2. The Labute approximate surface area is 96.0 Å². The zero-order chi connectivity index (χ0) is 12.1. The Kier molecular flexibility index (Phi) is 4.18. The molecule has 0 aliphatic heterocycles. The van der Waals surface area contributed by atoms with Crippen LogP contribution in [0.4, 0.5) is 0 Å². The van der Waals surface area contributed by atoms with Gasteiger partial charge in [-0.3, -0.25) is 4.79 Å². The van der Waals surface area contributed by atoms with Gasteiger partial charge in [0.15, 0.2) is 5.78 Å². The van der Waals surface area contributed by atoms with Gasteiger partial charge in [-0.1, -0.05) is 30.8 Å². The van der Waals surface area contributed by atoms with E-state index in [1.165, 1.54) is 0 Å². The fraction of sp³-hybridized carbons (Fsp3) is 0.286. The molecule has 0 aliphatic carbocycles. The second kappa shape index (κ2) is 5.40. The second-order valence-electron chi connectivity index (χ2n) is 3.97. The normalized spacial score (nSPS) is 9.88. The van der Waals surface area contributed by atoms with Gasteiger partial charge in [0.1, 0.15) is 5.78 Å². The molecule has 0 aliphatic rings. The van der Waals surface area contributed by atoms with Gasteiger partial charge in [0.05, 0.1) is 0 Å². The van der Waals surface area contributed by atoms with Gasteiger partial charge < -0.3 is 4.79 Å². The number of ketones is 2. The third-order valence-corrected chi connectivity index (χ3v) is 2.40. The van der Waals surface area contributed by atoms with E-state index in [0.717, 1.165) is 5.56 Å². The van der Waals surface area contributed by atoms with Gasteiger partial charge in [-0.15, -0.1) is 0 Å². The van der Waals surface area contributed by atoms with Crippen molar-refractivity contribution in [3.8, 4) is 0 Å². The molecule has 0 unspecified atom stereocenters. The van der Waals surface area contributed by atoms with Crippen LogP contribution in [0.5, 0.6) is 0 Å². The predicted molar refractivity (Wildman–Crippen MR) is 64.6 cm³/mol. The molecule has 0 atom stereocenters. The maximum absolute atomic E-state index is 11.8. The molecule has 0 radical (unpaired) electrons. The molecule has 1 aromatic rings. The van der Waals surface area contributed by atoms with Crippen LogP contribution in [0, 0.1) is 0 Å². The van der Waals surface area contributed by atoms with Crippen LogP contribution in [0.1, 0.15) is 36.2 Å². The van der Waals surface area contributed by atoms with Crippen molar-refractivity contribution in [1.82, 2.24) is 0 Å². The van der Waals surface area contributed by atoms with Crippen molar-refractivity contribution in [2.24, 2.45) is 0 Å². The Hall–Kier alpha value is -1.70. The average Bonchev–Trinajstić information content (AvgIpc) is 2.25. The minimum absolute atomic E-state index is 0.0425. The van der Waals surface area contributed by atoms with Crippen molar-refractivity contribution in [2.45, 2.75) is 26.7 Å². The molecule has 1 rings (SSSR count). The minimum Gasteiger partial charge on any atom is -0.300 e. The van der Waals surface area contributed by atoms with Crippen LogP contribution in [-0.4, -0.2) is 11.6 Å². The molecule has 84 valence electrons. The third kappa shape index (κ3) is 3.16. The van der Waals surface area contributed by atoms with Gasteiger partial charge in [0, 0.05) is 12.0 Å². The zero-order valence-electron chi connectivity index (χ0n) is 9.75. The molecule has 0 saturated carbocycles. The Morgan fingerprint density at radius 1 is 1.19 bits per heavy atom. The zero-order valence-corrected chi connectivity index (χ0v) is 9.75. The first-order valence-corrected chi connectivity index (χ1v) is 5.30. The number of carbonyl (C=O) groups excluding carboxylic acids is 2. The lowest BCUT2D eigenvalue weighted by atomic mass is 9.96. The molecule has 2 heteroatoms. The highest BCUT2D eigenvalue weighted by molar-refractivity contribution is 6.08. The summed E-state index contributed by atoms with van der Waals surface area (Å²) in [4.78, 5) is 22.8. The molecule has 0 saturated heterocycles. The molecule has 1 aromatic carbocycles. The number of Topliss-reactive ketones (excluding diaryl/α,β-unsaturated/α-hetero) is 2. The molecule has 0 bridgehead atoms. The Bertz CT molecular complexity index is 430. The topological polar surface area (TPSA) is 34.1 Å². The number of allylic oxidation sites excluding steroid dienone is 1. The van der Waals surface area contributed by atoms with E-state index >= 15 is 0 Å². The minimum atomic E-state index is -0.0425. The van der Waals surface area contributed by atoms with Gasteiger partial charge in [0.25, 0.3) is 0 Å². The van der Waals surface area contributed by atoms with Crippen molar-refractivity contribution < 1.29 is 9.59 Å². The van der Waals surface area contributed by atoms with E-state index in [1.807, 2.05) is 18.2 Å². The average molecular weight is 216 g/mol. The lowest BCUT2D eigenvalue weighted by Gasteiger charge is -2.07. The van der Waals surface area contributed by atoms with Crippen molar-refractivity contribution in [3.05, 3.63) is 47.5 Å². The van der Waals surface area contributed by atoms with Crippen LogP contribution < -0.4 is 0 Å². The molecule has 0 spiro atoms. The molecule has 0 heterocycles. The SMILES string of the molecule is C=C(C)C(=O)c1ccccc1CCC(C)=O. The van der Waals surface area contributed by atoms with Crippen LogP contribution in [0.25, 0.3) is 0 Å². The maximum atomic E-state index is 11.8. The number of rotatable bonds is 5. The maximum Gasteiger partial charge on any atom is 0.188 e. The number of aryl methyl sites for hydroxylation is 1. The van der Waals surface area contributed by atoms with Crippen LogP contribution in [0.2, 0.25) is 0 Å². The Balaban J connectivity index is 2.96. The Morgan fingerprint density at radius 2 is 1.81 bits per heavy atom. The summed E-state index contributed by atoms with van der Waals surface area (Å²) in [6.07, 6.45) is 1.09. The van der Waals surface area contributed by atoms with E-state index in [2.05, 4.69) is 6.58 Å². The first kappa shape index (κ1) is 12.4. The molecule has 0 amide bonds. The van der Waals surface area contributed by atoms with Crippen molar-refractivity contribution >= 4 is 11.6 Å². The molecule has 0 N–H and O–H groups in total. The Morgan fingerprint density at radius 3 is 2.38 bits per heavy atom. The summed E-state index contributed by atoms with van der Waals surface area (Å²) in [5.74, 6) is 0.0942. The van der Waals surface area contributed by atoms with E-state index in [1.54, 1.807) is 19.9 Å². The number of hydrogen-bond donors (Lipinski definition) is 0. The fourth-order valence-electron chi connectivity index (χ4n) is 1.50. The second-order valence-corrected chi connectivity index (χ2v) is 3.97. The van der Waals surface area contributed by atoms with Crippen LogP contribution in [-0.2, 0) is 11.2 Å². The molecule has 16 heavy (non-hydrogen) atoms. The molecular weight excluding hydrogens is 200 g/mol. The highest BCUT2D eigenvalue weighted by Crippen LogP contribution is 2.15. The van der Waals surface area contributed by atoms with E-state index in [4.69, 9.17) is 0 Å². The van der Waals surface area contributed by atoms with Gasteiger partial charge in [-0.05, 0) is 31.4 Å². The van der Waals surface area contributed by atoms with Gasteiger partial charge in [-0.25, -0.2) is 0 Å². The molecule has 0 fully saturated rings. The quantitative estimate of drug-likeness (QED) is 0.560. The standard InChI is InChI=1S/C14H16O2/c1-10(2)14(16)13-7-5-4-6-12(13)9-8-11(3)15/h4-7H,1,8-9H2,2-3H3. The first-order chi connectivity index (χ1) is 7.52. The van der Waals surface area contributed by atoms with Crippen molar-refractivity contribution in [3.63, 3.8) is 0 Å². The summed E-state index contributed by atoms with van der Waals surface area (Å²) in [5, 5.41) is 0. The molecule has 0 aromatic heterocycles. The number of carbonyl (C=O) groups is 2. The first-order valence-electron chi connectivity index (χ1n) is 5.30. The highest BCUT2D eigenvalue weighted by atomic mass is 16.1. The summed E-state index contributed by atoms with van der Waals surface area (Å²) in [6, 6.07) is 7.38. The van der Waals surface area contributed by atoms with Crippen molar-refractivity contribution in [1.29, 1.82) is 0 Å². The highest BCUT2D eigenvalue weighted by Gasteiger charge is 2.11. The summed E-state index contributed by atoms with van der Waals surface area (Å²) >= 11 is 0. The summed E-state index contributed by atoms with van der Waals surface area (Å²) in [6.45, 7) is 6.91. The van der Waals surface area contributed by atoms with Gasteiger partial charge in [0.2, 0.25) is 0 Å². The summed E-state index contributed by atoms with van der Waals surface area (Å²) < 4.78 is 0. The van der Waals surface area contributed by atoms with Crippen LogP contribution in [0.3, 0.4) is 0 Å². The number of benzene rings is 1. The van der Waals surface area contributed by atoms with Crippen molar-refractivity contribution in [2.75, 3.05) is 0 Å². The number of hydrogen-bond acceptors (Lipinski definition) is 2. The molecule has 2 nitrogen and oxygen atoms in total. The predicted octanol–water partition coefficient (Wildman–Crippen LogP) is 2.97. The van der Waals surface area contributed by atoms with E-state index in [0.29, 0.717) is 24.0 Å². The monoisotopic (exact) mass is 216 g/mol. The van der Waals surface area contributed by atoms with E-state index in [9.17, 15) is 9.59 Å². The summed E-state index contributed by atoms with van der Waals surface area (Å²) in [7, 11) is 0. The van der Waals surface area contributed by atoms with Gasteiger partial charge in [-0.2, -0.15) is 0 Å². The lowest BCUT2D eigenvalue weighted by Crippen LogP contribution is -2.05. The summed E-state index contributed by atoms with van der Waals surface area (Å²) in [5.41, 5.74) is 2.11. The lowest BCUT2D eigenvalue weighted by molar-refractivity contribution is -0.116. The van der Waals surface area contributed by atoms with E-state index < -0.39 is 0 Å². The van der Waals surface area contributed by atoms with Gasteiger partial charge >= 0.3 is 0 Å².